The maximum atomic E-state index is 13.3. The molecule has 2 spiro atoms. The molecule has 3 heterocycles. The second-order valence-corrected chi connectivity index (χ2v) is 12.3. The zero-order valence-electron chi connectivity index (χ0n) is 21.3. The van der Waals surface area contributed by atoms with Gasteiger partial charge in [0, 0.05) is 27.9 Å². The first-order chi connectivity index (χ1) is 16.7. The van der Waals surface area contributed by atoms with Gasteiger partial charge in [0.1, 0.15) is 17.5 Å². The maximum absolute atomic E-state index is 13.3. The molecule has 9 heteroatoms. The summed E-state index contributed by atoms with van der Waals surface area (Å²) in [5.74, 6) is -1.72. The van der Waals surface area contributed by atoms with Crippen molar-refractivity contribution >= 4 is 17.7 Å². The van der Waals surface area contributed by atoms with Crippen molar-refractivity contribution in [1.82, 2.24) is 0 Å². The first kappa shape index (κ1) is 23.7. The summed E-state index contributed by atoms with van der Waals surface area (Å²) in [6, 6.07) is 1.71. The number of carbonyl (C=O) groups excluding carboxylic acids is 3. The summed E-state index contributed by atoms with van der Waals surface area (Å²) in [5, 5.41) is 23.7. The van der Waals surface area contributed by atoms with E-state index in [4.69, 9.17) is 18.6 Å². The SMILES string of the molecule is COC(=O)C[C@H]1C(C)(C)C(=O)C=C2O[C@]3(C)[C@@]45[C@@H](O)C(=O)O[C@@H](c6ccoc6)[C@]4(C)C[C@H](O)[C@@]35[C@@]21C. The Hall–Kier alpha value is -2.65. The molecule has 2 saturated heterocycles. The molecule has 6 rings (SSSR count). The smallest absolute Gasteiger partial charge is 0.336 e. The van der Waals surface area contributed by atoms with E-state index in [1.807, 2.05) is 13.8 Å². The van der Waals surface area contributed by atoms with Crippen molar-refractivity contribution in [1.29, 1.82) is 0 Å². The van der Waals surface area contributed by atoms with Crippen LogP contribution in [0.3, 0.4) is 0 Å². The minimum Gasteiger partial charge on any atom is -0.490 e. The summed E-state index contributed by atoms with van der Waals surface area (Å²) in [6.07, 6.45) is 1.20. The Morgan fingerprint density at radius 2 is 1.83 bits per heavy atom. The van der Waals surface area contributed by atoms with Crippen molar-refractivity contribution in [2.45, 2.75) is 71.4 Å². The van der Waals surface area contributed by atoms with E-state index in [-0.39, 0.29) is 18.6 Å². The number of methoxy groups -OCH3 is 1. The molecule has 0 aromatic carbocycles. The van der Waals surface area contributed by atoms with Crippen LogP contribution in [-0.4, -0.2) is 52.9 Å². The molecule has 0 bridgehead atoms. The lowest BCUT2D eigenvalue weighted by atomic mass is 9.49. The number of aliphatic hydroxyl groups excluding tert-OH is 2. The number of fused-ring (bicyclic) bond motifs is 1. The average Bonchev–Trinajstić information content (AvgIpc) is 3.20. The zero-order valence-corrected chi connectivity index (χ0v) is 21.3. The number of aliphatic hydroxyl groups is 2. The van der Waals surface area contributed by atoms with E-state index in [1.165, 1.54) is 25.7 Å². The van der Waals surface area contributed by atoms with Crippen LogP contribution < -0.4 is 0 Å². The summed E-state index contributed by atoms with van der Waals surface area (Å²) < 4.78 is 22.7. The van der Waals surface area contributed by atoms with Crippen LogP contribution in [0.2, 0.25) is 0 Å². The molecule has 0 unspecified atom stereocenters. The fraction of sp³-hybridized carbons (Fsp3) is 0.667. The largest absolute Gasteiger partial charge is 0.490 e. The van der Waals surface area contributed by atoms with Gasteiger partial charge in [-0.15, -0.1) is 0 Å². The van der Waals surface area contributed by atoms with E-state index in [0.29, 0.717) is 11.3 Å². The van der Waals surface area contributed by atoms with Gasteiger partial charge in [0.05, 0.1) is 43.0 Å². The highest BCUT2D eigenvalue weighted by Crippen LogP contribution is 2.99. The van der Waals surface area contributed by atoms with Crippen LogP contribution in [0.1, 0.15) is 59.1 Å². The molecule has 2 N–H and O–H groups in total. The fourth-order valence-corrected chi connectivity index (χ4v) is 9.96. The van der Waals surface area contributed by atoms with E-state index >= 15 is 0 Å². The molecule has 2 saturated carbocycles. The lowest BCUT2D eigenvalue weighted by Gasteiger charge is -2.54. The number of ether oxygens (including phenoxy) is 3. The Morgan fingerprint density at radius 3 is 2.44 bits per heavy atom. The molecule has 5 aliphatic rings. The van der Waals surface area contributed by atoms with E-state index < -0.39 is 68.8 Å². The van der Waals surface area contributed by atoms with Gasteiger partial charge in [-0.3, -0.25) is 9.59 Å². The minimum atomic E-state index is -1.58. The lowest BCUT2D eigenvalue weighted by Crippen LogP contribution is -2.59. The van der Waals surface area contributed by atoms with E-state index in [2.05, 4.69) is 0 Å². The molecule has 0 amide bonds. The number of ketones is 1. The molecular formula is C27H32O9. The van der Waals surface area contributed by atoms with Crippen molar-refractivity contribution in [3.8, 4) is 0 Å². The Morgan fingerprint density at radius 1 is 1.14 bits per heavy atom. The van der Waals surface area contributed by atoms with E-state index in [0.717, 1.165) is 0 Å². The van der Waals surface area contributed by atoms with Crippen LogP contribution in [0.5, 0.6) is 0 Å². The van der Waals surface area contributed by atoms with Crippen LogP contribution >= 0.6 is 0 Å². The standard InChI is InChI=1S/C27H32O9/c1-22(2)14(9-18(30)33-6)24(4)17(10-15(22)28)36-25(5)26(24)16(29)11-23(3)20(13-7-8-34-12-13)35-21(32)19(31)27(23,25)26/h7-8,10,12,14,16,19-20,29,31H,9,11H2,1-6H3/t14-,16-,19-,20-,23-,24+,25-,26+,27+/m0/s1. The monoisotopic (exact) mass is 500 g/mol. The van der Waals surface area contributed by atoms with Gasteiger partial charge in [-0.2, -0.15) is 0 Å². The molecule has 1 aromatic heterocycles. The minimum absolute atomic E-state index is 0.0878. The number of rotatable bonds is 3. The number of carbonyl (C=O) groups is 3. The third-order valence-electron chi connectivity index (χ3n) is 11.1. The van der Waals surface area contributed by atoms with Gasteiger partial charge in [-0.25, -0.2) is 4.79 Å². The summed E-state index contributed by atoms with van der Waals surface area (Å²) in [5.41, 5.74) is -6.00. The van der Waals surface area contributed by atoms with Gasteiger partial charge < -0.3 is 28.8 Å². The molecule has 2 aliphatic heterocycles. The number of allylic oxidation sites excluding steroid dienone is 2. The first-order valence-electron chi connectivity index (χ1n) is 12.3. The highest BCUT2D eigenvalue weighted by atomic mass is 16.6. The Labute approximate surface area is 208 Å². The van der Waals surface area contributed by atoms with Gasteiger partial charge in [0.15, 0.2) is 11.9 Å². The van der Waals surface area contributed by atoms with Crippen LogP contribution in [0.25, 0.3) is 0 Å². The quantitative estimate of drug-likeness (QED) is 0.601. The van der Waals surface area contributed by atoms with E-state index in [1.54, 1.807) is 26.8 Å². The summed E-state index contributed by atoms with van der Waals surface area (Å²) in [7, 11) is 1.29. The summed E-state index contributed by atoms with van der Waals surface area (Å²) >= 11 is 0. The maximum Gasteiger partial charge on any atom is 0.336 e. The second-order valence-electron chi connectivity index (χ2n) is 12.3. The van der Waals surface area contributed by atoms with Gasteiger partial charge in [0.25, 0.3) is 0 Å². The average molecular weight is 501 g/mol. The molecule has 4 fully saturated rings. The molecule has 0 radical (unpaired) electrons. The third-order valence-corrected chi connectivity index (χ3v) is 11.1. The topological polar surface area (TPSA) is 132 Å². The molecule has 3 aliphatic carbocycles. The Balaban J connectivity index is 1.63. The van der Waals surface area contributed by atoms with Crippen molar-refractivity contribution in [3.05, 3.63) is 36.0 Å². The normalized spacial score (nSPS) is 49.6. The molecule has 9 nitrogen and oxygen atoms in total. The molecule has 194 valence electrons. The van der Waals surface area contributed by atoms with Crippen LogP contribution in [0.4, 0.5) is 0 Å². The Bertz CT molecular complexity index is 1230. The third kappa shape index (κ3) is 1.96. The molecular weight excluding hydrogens is 468 g/mol. The predicted molar refractivity (Wildman–Crippen MR) is 122 cm³/mol. The predicted octanol–water partition coefficient (Wildman–Crippen LogP) is 2.46. The first-order valence-corrected chi connectivity index (χ1v) is 12.3. The van der Waals surface area contributed by atoms with Gasteiger partial charge in [-0.1, -0.05) is 27.7 Å². The number of esters is 2. The number of furan rings is 1. The fourth-order valence-electron chi connectivity index (χ4n) is 9.96. The number of cyclic esters (lactones) is 1. The highest BCUT2D eigenvalue weighted by molar-refractivity contribution is 5.97. The molecule has 9 atom stereocenters. The molecule has 1 aromatic rings. The van der Waals surface area contributed by atoms with Crippen molar-refractivity contribution in [3.63, 3.8) is 0 Å². The summed E-state index contributed by atoms with van der Waals surface area (Å²) in [4.78, 5) is 39.2. The summed E-state index contributed by atoms with van der Waals surface area (Å²) in [6.45, 7) is 9.17. The van der Waals surface area contributed by atoms with Crippen molar-refractivity contribution in [2.24, 2.45) is 33.0 Å². The Kier molecular flexibility index (Phi) is 4.23. The van der Waals surface area contributed by atoms with E-state index in [9.17, 15) is 24.6 Å². The van der Waals surface area contributed by atoms with Crippen molar-refractivity contribution < 1.29 is 43.2 Å². The van der Waals surface area contributed by atoms with Gasteiger partial charge >= 0.3 is 11.9 Å². The lowest BCUT2D eigenvalue weighted by molar-refractivity contribution is -0.218. The van der Waals surface area contributed by atoms with Crippen LogP contribution in [0.15, 0.2) is 34.8 Å². The van der Waals surface area contributed by atoms with Crippen LogP contribution in [-0.2, 0) is 28.6 Å². The van der Waals surface area contributed by atoms with Crippen molar-refractivity contribution in [2.75, 3.05) is 7.11 Å². The van der Waals surface area contributed by atoms with Gasteiger partial charge in [0.2, 0.25) is 0 Å². The second kappa shape index (κ2) is 6.42. The van der Waals surface area contributed by atoms with Gasteiger partial charge in [-0.05, 0) is 25.3 Å². The highest BCUT2D eigenvalue weighted by Gasteiger charge is 3.08. The molecule has 36 heavy (non-hydrogen) atoms. The number of hydrogen-bond donors (Lipinski definition) is 2. The number of hydrogen-bond acceptors (Lipinski definition) is 9. The zero-order chi connectivity index (χ0) is 26.3. The van der Waals surface area contributed by atoms with Crippen LogP contribution in [0, 0.1) is 33.0 Å².